The maximum atomic E-state index is 4.32. The summed E-state index contributed by atoms with van der Waals surface area (Å²) in [5.74, 6) is 0. The van der Waals surface area contributed by atoms with Gasteiger partial charge < -0.3 is 0 Å². The molecule has 94 valence electrons. The predicted octanol–water partition coefficient (Wildman–Crippen LogP) is 6.09. The van der Waals surface area contributed by atoms with Crippen LogP contribution < -0.4 is 0 Å². The lowest BCUT2D eigenvalue weighted by Gasteiger charge is -2.13. The minimum atomic E-state index is 0.873. The topological polar surface area (TPSA) is 25.8 Å². The van der Waals surface area contributed by atoms with Crippen LogP contribution in [0.2, 0.25) is 0 Å². The summed E-state index contributed by atoms with van der Waals surface area (Å²) < 4.78 is 6.25. The number of rotatable bonds is 1. The summed E-state index contributed by atoms with van der Waals surface area (Å²) in [4.78, 5) is 8.63. The molecule has 0 saturated heterocycles. The maximum Gasteiger partial charge on any atom is 0.120 e. The van der Waals surface area contributed by atoms with E-state index in [1.54, 1.807) is 0 Å². The van der Waals surface area contributed by atoms with E-state index in [-0.39, 0.29) is 0 Å². The van der Waals surface area contributed by atoms with Crippen LogP contribution in [0.4, 0.5) is 0 Å². The van der Waals surface area contributed by atoms with Gasteiger partial charge in [-0.1, -0.05) is 0 Å². The highest BCUT2D eigenvalue weighted by atomic mass is 127. The molecular formula is C10H2Br2I4N2. The third kappa shape index (κ3) is 3.32. The number of nitrogens with zero attached hydrogens (tertiary/aromatic N) is 2. The van der Waals surface area contributed by atoms with Crippen molar-refractivity contribution in [1.29, 1.82) is 0 Å². The van der Waals surface area contributed by atoms with Crippen molar-refractivity contribution in [3.05, 3.63) is 35.9 Å². The molecule has 2 nitrogen and oxygen atoms in total. The van der Waals surface area contributed by atoms with Crippen LogP contribution >= 0.6 is 122 Å². The van der Waals surface area contributed by atoms with Gasteiger partial charge in [-0.3, -0.25) is 0 Å². The van der Waals surface area contributed by atoms with E-state index in [1.807, 2.05) is 12.4 Å². The van der Waals surface area contributed by atoms with Crippen molar-refractivity contribution in [1.82, 2.24) is 9.97 Å². The standard InChI is InChI=1S/C10H2Br2I4N2/c11-9-7(15)5(3(13)1-17-9)6-4(14)2-18-10(12)8(6)16/h1-2H. The van der Waals surface area contributed by atoms with Gasteiger partial charge >= 0.3 is 0 Å². The Labute approximate surface area is 176 Å². The predicted molar refractivity (Wildman–Crippen MR) is 114 cm³/mol. The molecule has 0 aromatic carbocycles. The molecule has 0 bridgehead atoms. The molecule has 0 amide bonds. The molecule has 18 heavy (non-hydrogen) atoms. The van der Waals surface area contributed by atoms with Gasteiger partial charge in [-0.15, -0.1) is 0 Å². The van der Waals surface area contributed by atoms with Crippen LogP contribution in [0.25, 0.3) is 11.1 Å². The van der Waals surface area contributed by atoms with Crippen molar-refractivity contribution in [2.75, 3.05) is 0 Å². The smallest absolute Gasteiger partial charge is 0.120 e. The molecule has 0 atom stereocenters. The van der Waals surface area contributed by atoms with Crippen molar-refractivity contribution in [3.63, 3.8) is 0 Å². The lowest BCUT2D eigenvalue weighted by atomic mass is 10.1. The summed E-state index contributed by atoms with van der Waals surface area (Å²) in [6.45, 7) is 0. The Morgan fingerprint density at radius 1 is 0.722 bits per heavy atom. The minimum absolute atomic E-state index is 0.873. The summed E-state index contributed by atoms with van der Waals surface area (Å²) >= 11 is 16.3. The average molecular weight is 818 g/mol. The third-order valence-electron chi connectivity index (χ3n) is 2.11. The highest BCUT2D eigenvalue weighted by molar-refractivity contribution is 14.1. The van der Waals surface area contributed by atoms with Gasteiger partial charge in [-0.2, -0.15) is 0 Å². The molecule has 0 aliphatic heterocycles. The lowest BCUT2D eigenvalue weighted by Crippen LogP contribution is -1.98. The molecule has 2 rings (SSSR count). The van der Waals surface area contributed by atoms with Gasteiger partial charge in [0.2, 0.25) is 0 Å². The molecule has 0 aliphatic carbocycles. The van der Waals surface area contributed by atoms with E-state index in [0.29, 0.717) is 0 Å². The van der Waals surface area contributed by atoms with Crippen LogP contribution in [0.5, 0.6) is 0 Å². The average Bonchev–Trinajstić information content (AvgIpc) is 2.33. The molecule has 2 aromatic rings. The van der Waals surface area contributed by atoms with Gasteiger partial charge in [-0.05, 0) is 122 Å². The summed E-state index contributed by atoms with van der Waals surface area (Å²) in [6, 6.07) is 0. The molecule has 2 heterocycles. The van der Waals surface area contributed by atoms with Crippen LogP contribution in [0.3, 0.4) is 0 Å². The quantitative estimate of drug-likeness (QED) is 0.258. The monoisotopic (exact) mass is 815 g/mol. The van der Waals surface area contributed by atoms with Crippen LogP contribution in [0, 0.1) is 14.3 Å². The van der Waals surface area contributed by atoms with Gasteiger partial charge in [0, 0.05) is 30.7 Å². The Bertz CT molecular complexity index is 578. The number of halogens is 6. The second kappa shape index (κ2) is 6.96. The van der Waals surface area contributed by atoms with E-state index >= 15 is 0 Å². The van der Waals surface area contributed by atoms with Gasteiger partial charge in [0.25, 0.3) is 0 Å². The van der Waals surface area contributed by atoms with Crippen molar-refractivity contribution in [2.45, 2.75) is 0 Å². The van der Waals surface area contributed by atoms with E-state index in [4.69, 9.17) is 0 Å². The first-order valence-corrected chi connectivity index (χ1v) is 10.3. The number of aromatic nitrogens is 2. The fraction of sp³-hybridized carbons (Fsp3) is 0. The molecular weight excluding hydrogens is 816 g/mol. The molecule has 8 heteroatoms. The number of pyridine rings is 2. The normalized spacial score (nSPS) is 10.8. The van der Waals surface area contributed by atoms with E-state index in [9.17, 15) is 0 Å². The van der Waals surface area contributed by atoms with Gasteiger partial charge in [-0.25, -0.2) is 9.97 Å². The van der Waals surface area contributed by atoms with Crippen LogP contribution in [0.1, 0.15) is 0 Å². The molecule has 0 saturated carbocycles. The second-order valence-corrected chi connectivity index (χ2v) is 9.16. The Kier molecular flexibility index (Phi) is 6.40. The first kappa shape index (κ1) is 16.5. The molecule has 0 unspecified atom stereocenters. The Morgan fingerprint density at radius 2 is 1.06 bits per heavy atom. The summed E-state index contributed by atoms with van der Waals surface area (Å²) in [6.07, 6.45) is 3.76. The lowest BCUT2D eigenvalue weighted by molar-refractivity contribution is 1.21. The van der Waals surface area contributed by atoms with Crippen LogP contribution in [-0.4, -0.2) is 9.97 Å². The first-order chi connectivity index (χ1) is 8.43. The fourth-order valence-electron chi connectivity index (χ4n) is 1.34. The maximum absolute atomic E-state index is 4.32. The fourth-order valence-corrected chi connectivity index (χ4v) is 5.73. The second-order valence-electron chi connectivity index (χ2n) is 3.17. The molecule has 0 fully saturated rings. The van der Waals surface area contributed by atoms with Crippen molar-refractivity contribution < 1.29 is 0 Å². The van der Waals surface area contributed by atoms with E-state index in [1.165, 1.54) is 11.1 Å². The Morgan fingerprint density at radius 3 is 1.39 bits per heavy atom. The van der Waals surface area contributed by atoms with Gasteiger partial charge in [0.05, 0.1) is 7.14 Å². The first-order valence-electron chi connectivity index (χ1n) is 4.42. The van der Waals surface area contributed by atoms with Crippen molar-refractivity contribution in [2.24, 2.45) is 0 Å². The third-order valence-corrected chi connectivity index (χ3v) is 8.53. The van der Waals surface area contributed by atoms with E-state index in [2.05, 4.69) is 132 Å². The molecule has 0 aliphatic rings. The molecule has 0 spiro atoms. The summed E-state index contributed by atoms with van der Waals surface area (Å²) in [7, 11) is 0. The Balaban J connectivity index is 2.85. The zero-order valence-electron chi connectivity index (χ0n) is 8.32. The van der Waals surface area contributed by atoms with Crippen molar-refractivity contribution in [3.8, 4) is 11.1 Å². The minimum Gasteiger partial charge on any atom is -0.247 e. The highest BCUT2D eigenvalue weighted by Crippen LogP contribution is 2.39. The van der Waals surface area contributed by atoms with Gasteiger partial charge in [0.1, 0.15) is 9.21 Å². The van der Waals surface area contributed by atoms with E-state index in [0.717, 1.165) is 23.5 Å². The Hall–Kier alpha value is 2.18. The highest BCUT2D eigenvalue weighted by Gasteiger charge is 2.19. The number of hydrogen-bond acceptors (Lipinski definition) is 2. The van der Waals surface area contributed by atoms with Gasteiger partial charge in [0.15, 0.2) is 0 Å². The SMILES string of the molecule is Brc1ncc(I)c(-c2c(I)cnc(Br)c2I)c1I. The number of hydrogen-bond donors (Lipinski definition) is 0. The summed E-state index contributed by atoms with van der Waals surface area (Å²) in [5.41, 5.74) is 2.41. The van der Waals surface area contributed by atoms with Crippen molar-refractivity contribution >= 4 is 122 Å². The molecule has 2 aromatic heterocycles. The van der Waals surface area contributed by atoms with Crippen LogP contribution in [-0.2, 0) is 0 Å². The summed E-state index contributed by atoms with van der Waals surface area (Å²) in [5, 5.41) is 0. The molecule has 0 radical (unpaired) electrons. The zero-order chi connectivity index (χ0) is 13.4. The molecule has 0 N–H and O–H groups in total. The zero-order valence-corrected chi connectivity index (χ0v) is 20.1. The van der Waals surface area contributed by atoms with E-state index < -0.39 is 0 Å². The largest absolute Gasteiger partial charge is 0.247 e. The van der Waals surface area contributed by atoms with Crippen LogP contribution in [0.15, 0.2) is 21.6 Å².